The quantitative estimate of drug-likeness (QED) is 0.657. The maximum absolute atomic E-state index is 12.0. The summed E-state index contributed by atoms with van der Waals surface area (Å²) in [5.74, 6) is -1.52. The minimum absolute atomic E-state index is 0.0752. The van der Waals surface area contributed by atoms with Crippen LogP contribution < -0.4 is 10.2 Å². The Morgan fingerprint density at radius 2 is 1.90 bits per heavy atom. The van der Waals surface area contributed by atoms with Crippen LogP contribution in [0, 0.1) is 0 Å². The van der Waals surface area contributed by atoms with E-state index in [1.54, 1.807) is 12.1 Å². The van der Waals surface area contributed by atoms with Gasteiger partial charge in [-0.3, -0.25) is 9.59 Å². The lowest BCUT2D eigenvalue weighted by molar-refractivity contribution is -0.134. The zero-order valence-electron chi connectivity index (χ0n) is 11.1. The topological polar surface area (TPSA) is 82.5 Å². The number of aromatic nitrogens is 1. The summed E-state index contributed by atoms with van der Waals surface area (Å²) in [5.41, 5.74) is 0.738. The van der Waals surface area contributed by atoms with Crippen molar-refractivity contribution in [1.82, 2.24) is 4.98 Å². The number of phenolic OH excluding ortho intramolecular Hbond substituents is 1. The smallest absolute Gasteiger partial charge is 0.316 e. The lowest BCUT2D eigenvalue weighted by Gasteiger charge is -2.16. The summed E-state index contributed by atoms with van der Waals surface area (Å²) in [4.78, 5) is 28.9. The number of carbonyl (C=O) groups is 2. The van der Waals surface area contributed by atoms with Gasteiger partial charge in [-0.1, -0.05) is 11.6 Å². The van der Waals surface area contributed by atoms with Crippen LogP contribution in [-0.4, -0.2) is 29.0 Å². The first-order chi connectivity index (χ1) is 9.99. The molecule has 7 heteroatoms. The molecule has 6 nitrogen and oxygen atoms in total. The van der Waals surface area contributed by atoms with Crippen LogP contribution in [0.2, 0.25) is 5.15 Å². The molecule has 2 amide bonds. The molecule has 1 aromatic heterocycles. The van der Waals surface area contributed by atoms with Crippen LogP contribution >= 0.6 is 11.6 Å². The second kappa shape index (κ2) is 6.23. The molecular formula is C14H12ClN3O3. The number of likely N-dealkylation sites (N-methyl/N-ethyl adjacent to an activating group) is 1. The number of amides is 2. The fourth-order valence-corrected chi connectivity index (χ4v) is 1.77. The number of rotatable bonds is 2. The predicted octanol–water partition coefficient (Wildman–Crippen LogP) is 2.04. The molecule has 108 valence electrons. The Labute approximate surface area is 126 Å². The van der Waals surface area contributed by atoms with Gasteiger partial charge < -0.3 is 15.3 Å². The standard InChI is InChI=1S/C14H12ClN3O3/c1-18(9-4-6-10(19)7-5-9)14(21)13(20)17-11-3-2-8-16-12(11)15/h2-8,19H,1H3,(H,17,20). The maximum atomic E-state index is 12.0. The fraction of sp³-hybridized carbons (Fsp3) is 0.0714. The summed E-state index contributed by atoms with van der Waals surface area (Å²) in [6.45, 7) is 0. The Morgan fingerprint density at radius 3 is 2.52 bits per heavy atom. The van der Waals surface area contributed by atoms with Crippen molar-refractivity contribution < 1.29 is 14.7 Å². The van der Waals surface area contributed by atoms with Crippen LogP contribution in [0.1, 0.15) is 0 Å². The van der Waals surface area contributed by atoms with Crippen molar-refractivity contribution in [2.24, 2.45) is 0 Å². The van der Waals surface area contributed by atoms with E-state index in [0.29, 0.717) is 5.69 Å². The molecule has 0 spiro atoms. The first-order valence-corrected chi connectivity index (χ1v) is 6.35. The number of hydrogen-bond acceptors (Lipinski definition) is 4. The van der Waals surface area contributed by atoms with E-state index in [9.17, 15) is 14.7 Å². The highest BCUT2D eigenvalue weighted by Crippen LogP contribution is 2.19. The number of pyridine rings is 1. The highest BCUT2D eigenvalue weighted by atomic mass is 35.5. The number of carbonyl (C=O) groups excluding carboxylic acids is 2. The van der Waals surface area contributed by atoms with Gasteiger partial charge in [0.2, 0.25) is 0 Å². The number of benzene rings is 1. The highest BCUT2D eigenvalue weighted by Gasteiger charge is 2.20. The molecule has 0 saturated carbocycles. The Balaban J connectivity index is 2.10. The van der Waals surface area contributed by atoms with E-state index < -0.39 is 11.8 Å². The Hall–Kier alpha value is -2.60. The Bertz CT molecular complexity index is 673. The van der Waals surface area contributed by atoms with Crippen LogP contribution in [0.25, 0.3) is 0 Å². The van der Waals surface area contributed by atoms with Gasteiger partial charge in [0.25, 0.3) is 0 Å². The van der Waals surface area contributed by atoms with E-state index in [-0.39, 0.29) is 16.6 Å². The molecule has 0 aliphatic carbocycles. The largest absolute Gasteiger partial charge is 0.508 e. The number of phenols is 1. The SMILES string of the molecule is CN(C(=O)C(=O)Nc1cccnc1Cl)c1ccc(O)cc1. The van der Waals surface area contributed by atoms with Gasteiger partial charge in [0, 0.05) is 18.9 Å². The molecule has 2 N–H and O–H groups in total. The highest BCUT2D eigenvalue weighted by molar-refractivity contribution is 6.45. The number of hydrogen-bond donors (Lipinski definition) is 2. The van der Waals surface area contributed by atoms with Gasteiger partial charge in [-0.25, -0.2) is 4.98 Å². The summed E-state index contributed by atoms with van der Waals surface area (Å²) in [6, 6.07) is 9.04. The molecule has 0 bridgehead atoms. The van der Waals surface area contributed by atoms with Gasteiger partial charge in [0.05, 0.1) is 5.69 Å². The molecule has 0 saturated heterocycles. The number of aromatic hydroxyl groups is 1. The van der Waals surface area contributed by atoms with Crippen molar-refractivity contribution in [1.29, 1.82) is 0 Å². The monoisotopic (exact) mass is 305 g/mol. The van der Waals surface area contributed by atoms with E-state index in [1.165, 1.54) is 42.4 Å². The third-order valence-corrected chi connectivity index (χ3v) is 3.04. The Morgan fingerprint density at radius 1 is 1.24 bits per heavy atom. The molecule has 0 aliphatic rings. The van der Waals surface area contributed by atoms with Gasteiger partial charge in [-0.05, 0) is 36.4 Å². The molecule has 0 fully saturated rings. The second-order valence-electron chi connectivity index (χ2n) is 4.18. The summed E-state index contributed by atoms with van der Waals surface area (Å²) in [7, 11) is 1.46. The summed E-state index contributed by atoms with van der Waals surface area (Å²) in [6.07, 6.45) is 1.47. The van der Waals surface area contributed by atoms with Crippen LogP contribution in [0.5, 0.6) is 5.75 Å². The zero-order chi connectivity index (χ0) is 15.4. The van der Waals surface area contributed by atoms with Crippen LogP contribution in [-0.2, 0) is 9.59 Å². The molecule has 0 aliphatic heterocycles. The lowest BCUT2D eigenvalue weighted by atomic mass is 10.2. The number of nitrogens with one attached hydrogen (secondary N) is 1. The zero-order valence-corrected chi connectivity index (χ0v) is 11.8. The van der Waals surface area contributed by atoms with Crippen molar-refractivity contribution in [2.45, 2.75) is 0 Å². The van der Waals surface area contributed by atoms with E-state index in [0.717, 1.165) is 0 Å². The first kappa shape index (κ1) is 14.8. The third kappa shape index (κ3) is 3.49. The van der Waals surface area contributed by atoms with E-state index in [4.69, 9.17) is 11.6 Å². The van der Waals surface area contributed by atoms with Crippen molar-refractivity contribution in [3.05, 3.63) is 47.7 Å². The number of anilines is 2. The van der Waals surface area contributed by atoms with Crippen molar-refractivity contribution in [3.8, 4) is 5.75 Å². The molecule has 2 rings (SSSR count). The molecule has 0 unspecified atom stereocenters. The fourth-order valence-electron chi connectivity index (χ4n) is 1.60. The van der Waals surface area contributed by atoms with E-state index >= 15 is 0 Å². The molecule has 2 aromatic rings. The van der Waals surface area contributed by atoms with Crippen molar-refractivity contribution >= 4 is 34.8 Å². The average Bonchev–Trinajstić information content (AvgIpc) is 2.49. The van der Waals surface area contributed by atoms with Crippen LogP contribution in [0.3, 0.4) is 0 Å². The average molecular weight is 306 g/mol. The van der Waals surface area contributed by atoms with E-state index in [2.05, 4.69) is 10.3 Å². The Kier molecular flexibility index (Phi) is 4.39. The maximum Gasteiger partial charge on any atom is 0.316 e. The lowest BCUT2D eigenvalue weighted by Crippen LogP contribution is -2.37. The van der Waals surface area contributed by atoms with Gasteiger partial charge in [-0.2, -0.15) is 0 Å². The van der Waals surface area contributed by atoms with Gasteiger partial charge in [0.1, 0.15) is 5.75 Å². The van der Waals surface area contributed by atoms with Gasteiger partial charge in [-0.15, -0.1) is 0 Å². The summed E-state index contributed by atoms with van der Waals surface area (Å²) in [5, 5.41) is 11.7. The molecule has 0 atom stereocenters. The minimum atomic E-state index is -0.833. The van der Waals surface area contributed by atoms with E-state index in [1.807, 2.05) is 0 Å². The molecule has 1 heterocycles. The molecule has 21 heavy (non-hydrogen) atoms. The number of nitrogens with zero attached hydrogens (tertiary/aromatic N) is 2. The van der Waals surface area contributed by atoms with Gasteiger partial charge >= 0.3 is 11.8 Å². The van der Waals surface area contributed by atoms with Crippen LogP contribution in [0.15, 0.2) is 42.6 Å². The van der Waals surface area contributed by atoms with Gasteiger partial charge in [0.15, 0.2) is 5.15 Å². The normalized spacial score (nSPS) is 10.0. The molecule has 0 radical (unpaired) electrons. The summed E-state index contributed by atoms with van der Waals surface area (Å²) < 4.78 is 0. The predicted molar refractivity (Wildman–Crippen MR) is 79.4 cm³/mol. The second-order valence-corrected chi connectivity index (χ2v) is 4.53. The minimum Gasteiger partial charge on any atom is -0.508 e. The molecule has 1 aromatic carbocycles. The summed E-state index contributed by atoms with van der Waals surface area (Å²) >= 11 is 5.81. The van der Waals surface area contributed by atoms with Crippen LogP contribution in [0.4, 0.5) is 11.4 Å². The van der Waals surface area contributed by atoms with Crippen molar-refractivity contribution in [3.63, 3.8) is 0 Å². The molecular weight excluding hydrogens is 294 g/mol. The van der Waals surface area contributed by atoms with Crippen molar-refractivity contribution in [2.75, 3.05) is 17.3 Å². The number of halogens is 1. The first-order valence-electron chi connectivity index (χ1n) is 5.97. The third-order valence-electron chi connectivity index (χ3n) is 2.74.